The zero-order valence-electron chi connectivity index (χ0n) is 12.6. The van der Waals surface area contributed by atoms with Crippen molar-refractivity contribution in [3.05, 3.63) is 54.0 Å². The molecule has 8 heteroatoms. The van der Waals surface area contributed by atoms with Gasteiger partial charge in [-0.15, -0.1) is 10.2 Å². The Morgan fingerprint density at radius 2 is 2.25 bits per heavy atom. The first-order chi connectivity index (χ1) is 11.8. The topological polar surface area (TPSA) is 81.7 Å². The third-order valence-electron chi connectivity index (χ3n) is 3.65. The molecule has 120 valence electrons. The van der Waals surface area contributed by atoms with Crippen LogP contribution < -0.4 is 5.32 Å². The summed E-state index contributed by atoms with van der Waals surface area (Å²) < 4.78 is 8.36. The van der Waals surface area contributed by atoms with Crippen LogP contribution in [0.5, 0.6) is 0 Å². The van der Waals surface area contributed by atoms with E-state index in [4.69, 9.17) is 4.42 Å². The smallest absolute Gasteiger partial charge is 0.251 e. The lowest BCUT2D eigenvalue weighted by molar-refractivity contribution is 0.568. The van der Waals surface area contributed by atoms with Crippen LogP contribution >= 0.6 is 15.9 Å². The van der Waals surface area contributed by atoms with Crippen LogP contribution in [0.2, 0.25) is 0 Å². The second-order valence-electron chi connectivity index (χ2n) is 5.18. The molecule has 0 amide bonds. The normalized spacial score (nSPS) is 11.0. The van der Waals surface area contributed by atoms with E-state index in [1.807, 2.05) is 29.0 Å². The summed E-state index contributed by atoms with van der Waals surface area (Å²) in [5, 5.41) is 12.2. The van der Waals surface area contributed by atoms with Crippen molar-refractivity contribution >= 4 is 32.5 Å². The van der Waals surface area contributed by atoms with Crippen LogP contribution in [0.15, 0.2) is 58.4 Å². The second kappa shape index (κ2) is 6.40. The van der Waals surface area contributed by atoms with Crippen molar-refractivity contribution in [1.82, 2.24) is 24.7 Å². The maximum absolute atomic E-state index is 5.36. The number of nitrogens with one attached hydrogen (secondary N) is 1. The number of hydrogen-bond donors (Lipinski definition) is 1. The van der Waals surface area contributed by atoms with Crippen LogP contribution in [0.25, 0.3) is 22.4 Å². The van der Waals surface area contributed by atoms with Gasteiger partial charge in [0.05, 0.1) is 23.1 Å². The summed E-state index contributed by atoms with van der Waals surface area (Å²) in [5.74, 6) is 0.439. The Kier molecular flexibility index (Phi) is 3.96. The molecular weight excluding hydrogens is 372 g/mol. The fourth-order valence-corrected chi connectivity index (χ4v) is 2.90. The molecule has 3 aromatic heterocycles. The molecule has 3 heterocycles. The average Bonchev–Trinajstić information content (AvgIpc) is 3.28. The number of imidazole rings is 1. The summed E-state index contributed by atoms with van der Waals surface area (Å²) in [7, 11) is 0. The van der Waals surface area contributed by atoms with Gasteiger partial charge in [-0.25, -0.2) is 4.98 Å². The van der Waals surface area contributed by atoms with Crippen LogP contribution in [-0.2, 0) is 6.54 Å². The molecular formula is C16H13BrN6O. The lowest BCUT2D eigenvalue weighted by atomic mass is 10.1. The molecule has 4 aromatic rings. The largest absolute Gasteiger partial charge is 0.423 e. The second-order valence-corrected chi connectivity index (χ2v) is 6.10. The van der Waals surface area contributed by atoms with E-state index in [-0.39, 0.29) is 0 Å². The van der Waals surface area contributed by atoms with Gasteiger partial charge in [0.15, 0.2) is 0 Å². The Morgan fingerprint density at radius 3 is 3.04 bits per heavy atom. The minimum Gasteiger partial charge on any atom is -0.423 e. The summed E-state index contributed by atoms with van der Waals surface area (Å²) >= 11 is 3.52. The van der Waals surface area contributed by atoms with Crippen LogP contribution in [0, 0.1) is 0 Å². The molecule has 0 saturated carbocycles. The van der Waals surface area contributed by atoms with E-state index < -0.39 is 0 Å². The molecule has 0 spiro atoms. The number of nitrogens with zero attached hydrogens (tertiary/aromatic N) is 5. The van der Waals surface area contributed by atoms with E-state index in [9.17, 15) is 0 Å². The zero-order chi connectivity index (χ0) is 16.4. The van der Waals surface area contributed by atoms with E-state index in [1.54, 1.807) is 18.7 Å². The number of pyridine rings is 1. The fourth-order valence-electron chi connectivity index (χ4n) is 2.54. The predicted octanol–water partition coefficient (Wildman–Crippen LogP) is 3.36. The first kappa shape index (κ1) is 14.8. The predicted molar refractivity (Wildman–Crippen MR) is 93.5 cm³/mol. The third kappa shape index (κ3) is 2.88. The number of hydrogen-bond acceptors (Lipinski definition) is 6. The number of fused-ring (bicyclic) bond motifs is 1. The van der Waals surface area contributed by atoms with E-state index in [0.717, 1.165) is 39.7 Å². The standard InChI is InChI=1S/C16H13BrN6O/c17-11-1-2-14-12(7-11)15(19-4-6-23-5-3-18-9-23)13(8-20-14)16-22-21-10-24-16/h1-3,5,7-10H,4,6H2,(H,19,20). The number of rotatable bonds is 5. The number of benzene rings is 1. The summed E-state index contributed by atoms with van der Waals surface area (Å²) in [6.07, 6.45) is 8.56. The van der Waals surface area contributed by atoms with Gasteiger partial charge in [-0.1, -0.05) is 15.9 Å². The van der Waals surface area contributed by atoms with E-state index in [2.05, 4.69) is 41.4 Å². The van der Waals surface area contributed by atoms with Crippen LogP contribution in [-0.4, -0.2) is 31.3 Å². The molecule has 0 bridgehead atoms. The molecule has 1 N–H and O–H groups in total. The van der Waals surface area contributed by atoms with Crippen molar-refractivity contribution < 1.29 is 4.42 Å². The van der Waals surface area contributed by atoms with Crippen molar-refractivity contribution in [2.45, 2.75) is 6.54 Å². The first-order valence-corrected chi connectivity index (χ1v) is 8.15. The minimum absolute atomic E-state index is 0.439. The average molecular weight is 385 g/mol. The van der Waals surface area contributed by atoms with Crippen LogP contribution in [0.4, 0.5) is 5.69 Å². The Bertz CT molecular complexity index is 952. The lowest BCUT2D eigenvalue weighted by Crippen LogP contribution is -2.10. The Morgan fingerprint density at radius 1 is 1.29 bits per heavy atom. The van der Waals surface area contributed by atoms with Crippen LogP contribution in [0.1, 0.15) is 0 Å². The zero-order valence-corrected chi connectivity index (χ0v) is 14.1. The van der Waals surface area contributed by atoms with E-state index in [1.165, 1.54) is 6.39 Å². The maximum atomic E-state index is 5.36. The Labute approximate surface area is 145 Å². The van der Waals surface area contributed by atoms with Gasteiger partial charge in [-0.2, -0.15) is 0 Å². The summed E-state index contributed by atoms with van der Waals surface area (Å²) in [5.41, 5.74) is 2.60. The fraction of sp³-hybridized carbons (Fsp3) is 0.125. The molecule has 0 saturated heterocycles. The monoisotopic (exact) mass is 384 g/mol. The van der Waals surface area contributed by atoms with Crippen molar-refractivity contribution in [3.8, 4) is 11.5 Å². The molecule has 0 atom stereocenters. The van der Waals surface area contributed by atoms with Gasteiger partial charge in [0, 0.05) is 41.5 Å². The Balaban J connectivity index is 1.74. The summed E-state index contributed by atoms with van der Waals surface area (Å²) in [4.78, 5) is 8.55. The van der Waals surface area contributed by atoms with Crippen molar-refractivity contribution in [2.75, 3.05) is 11.9 Å². The molecule has 1 aromatic carbocycles. The molecule has 4 rings (SSSR count). The quantitative estimate of drug-likeness (QED) is 0.568. The van der Waals surface area contributed by atoms with E-state index in [0.29, 0.717) is 5.89 Å². The van der Waals surface area contributed by atoms with Crippen molar-refractivity contribution in [3.63, 3.8) is 0 Å². The van der Waals surface area contributed by atoms with Gasteiger partial charge in [0.25, 0.3) is 5.89 Å². The van der Waals surface area contributed by atoms with Gasteiger partial charge < -0.3 is 14.3 Å². The van der Waals surface area contributed by atoms with Gasteiger partial charge in [-0.3, -0.25) is 4.98 Å². The highest BCUT2D eigenvalue weighted by molar-refractivity contribution is 9.10. The highest BCUT2D eigenvalue weighted by atomic mass is 79.9. The molecule has 24 heavy (non-hydrogen) atoms. The van der Waals surface area contributed by atoms with Gasteiger partial charge in [0.1, 0.15) is 0 Å². The molecule has 0 aliphatic rings. The first-order valence-electron chi connectivity index (χ1n) is 7.36. The molecule has 0 aliphatic carbocycles. The van der Waals surface area contributed by atoms with Gasteiger partial charge in [0.2, 0.25) is 6.39 Å². The summed E-state index contributed by atoms with van der Waals surface area (Å²) in [6, 6.07) is 5.97. The molecule has 0 fully saturated rings. The molecule has 0 aliphatic heterocycles. The van der Waals surface area contributed by atoms with Crippen molar-refractivity contribution in [1.29, 1.82) is 0 Å². The lowest BCUT2D eigenvalue weighted by Gasteiger charge is -2.13. The van der Waals surface area contributed by atoms with Crippen LogP contribution in [0.3, 0.4) is 0 Å². The minimum atomic E-state index is 0.439. The number of halogens is 1. The van der Waals surface area contributed by atoms with Gasteiger partial charge >= 0.3 is 0 Å². The number of aromatic nitrogens is 5. The molecule has 7 nitrogen and oxygen atoms in total. The van der Waals surface area contributed by atoms with Gasteiger partial charge in [-0.05, 0) is 18.2 Å². The highest BCUT2D eigenvalue weighted by Crippen LogP contribution is 2.33. The van der Waals surface area contributed by atoms with E-state index >= 15 is 0 Å². The maximum Gasteiger partial charge on any atom is 0.251 e. The van der Waals surface area contributed by atoms with Crippen molar-refractivity contribution in [2.24, 2.45) is 0 Å². The summed E-state index contributed by atoms with van der Waals surface area (Å²) in [6.45, 7) is 1.52. The highest BCUT2D eigenvalue weighted by Gasteiger charge is 2.14. The third-order valence-corrected chi connectivity index (χ3v) is 4.14. The molecule has 0 unspecified atom stereocenters. The number of anilines is 1. The molecule has 0 radical (unpaired) electrons. The Hall–Kier alpha value is -2.74. The SMILES string of the molecule is Brc1ccc2ncc(-c3nnco3)c(NCCn3ccnc3)c2c1.